The van der Waals surface area contributed by atoms with Crippen LogP contribution in [0.2, 0.25) is 0 Å². The normalized spacial score (nSPS) is 10.7. The van der Waals surface area contributed by atoms with Crippen molar-refractivity contribution in [2.75, 3.05) is 6.54 Å². The van der Waals surface area contributed by atoms with Gasteiger partial charge in [-0.05, 0) is 36.2 Å². The van der Waals surface area contributed by atoms with Crippen molar-refractivity contribution in [3.63, 3.8) is 0 Å². The maximum absolute atomic E-state index is 13.4. The van der Waals surface area contributed by atoms with Crippen LogP contribution in [0.25, 0.3) is 0 Å². The first kappa shape index (κ1) is 22.9. The Balaban J connectivity index is 1.86. The molecule has 2 N–H and O–H groups in total. The molecule has 0 saturated carbocycles. The molecule has 0 saturated heterocycles. The SMILES string of the molecule is CCCCNC(=O)c1cn(Cc2ccco2)cc(C(=O)NCc2ccc(F)c(F)c2)c1=O. The van der Waals surface area contributed by atoms with Crippen molar-refractivity contribution < 1.29 is 22.8 Å². The van der Waals surface area contributed by atoms with Crippen molar-refractivity contribution in [2.24, 2.45) is 0 Å². The predicted molar refractivity (Wildman–Crippen MR) is 113 cm³/mol. The van der Waals surface area contributed by atoms with Crippen molar-refractivity contribution in [1.82, 2.24) is 15.2 Å². The van der Waals surface area contributed by atoms with Crippen molar-refractivity contribution >= 4 is 11.8 Å². The summed E-state index contributed by atoms with van der Waals surface area (Å²) in [6, 6.07) is 6.66. The lowest BCUT2D eigenvalue weighted by Crippen LogP contribution is -2.35. The van der Waals surface area contributed by atoms with E-state index in [-0.39, 0.29) is 24.2 Å². The number of pyridine rings is 1. The maximum atomic E-state index is 13.4. The quantitative estimate of drug-likeness (QED) is 0.497. The van der Waals surface area contributed by atoms with Gasteiger partial charge in [0.25, 0.3) is 11.8 Å². The van der Waals surface area contributed by atoms with Crippen LogP contribution in [0.4, 0.5) is 8.78 Å². The Hall–Kier alpha value is -3.75. The molecule has 0 aliphatic carbocycles. The Bertz CT molecular complexity index is 1160. The average molecular weight is 443 g/mol. The molecule has 0 bridgehead atoms. The fourth-order valence-corrected chi connectivity index (χ4v) is 3.03. The number of nitrogens with one attached hydrogen (secondary N) is 2. The van der Waals surface area contributed by atoms with Crippen molar-refractivity contribution in [1.29, 1.82) is 0 Å². The van der Waals surface area contributed by atoms with Gasteiger partial charge in [0.1, 0.15) is 16.9 Å². The number of furan rings is 1. The minimum Gasteiger partial charge on any atom is -0.467 e. The van der Waals surface area contributed by atoms with E-state index in [4.69, 9.17) is 4.42 Å². The number of rotatable bonds is 9. The number of nitrogens with zero attached hydrogens (tertiary/aromatic N) is 1. The minimum absolute atomic E-state index is 0.124. The highest BCUT2D eigenvalue weighted by Crippen LogP contribution is 2.10. The van der Waals surface area contributed by atoms with Gasteiger partial charge in [-0.15, -0.1) is 0 Å². The Morgan fingerprint density at radius 2 is 1.75 bits per heavy atom. The third-order valence-electron chi connectivity index (χ3n) is 4.74. The molecule has 1 aromatic carbocycles. The van der Waals surface area contributed by atoms with Crippen LogP contribution in [0.1, 0.15) is 51.8 Å². The molecule has 0 atom stereocenters. The molecule has 0 radical (unpaired) electrons. The standard InChI is InChI=1S/C23H23F2N3O4/c1-2-3-8-26-22(30)17-13-28(12-16-5-4-9-32-16)14-18(21(17)29)23(31)27-11-15-6-7-19(24)20(25)10-15/h4-7,9-10,13-14H,2-3,8,11-12H2,1H3,(H,26,30)(H,27,31). The van der Waals surface area contributed by atoms with Gasteiger partial charge < -0.3 is 19.6 Å². The van der Waals surface area contributed by atoms with Crippen LogP contribution in [0.5, 0.6) is 0 Å². The molecule has 0 aliphatic heterocycles. The lowest BCUT2D eigenvalue weighted by molar-refractivity contribution is 0.0948. The van der Waals surface area contributed by atoms with Crippen LogP contribution >= 0.6 is 0 Å². The maximum Gasteiger partial charge on any atom is 0.257 e. The number of hydrogen-bond acceptors (Lipinski definition) is 4. The summed E-state index contributed by atoms with van der Waals surface area (Å²) in [5.41, 5.74) is -0.825. The summed E-state index contributed by atoms with van der Waals surface area (Å²) in [4.78, 5) is 38.2. The molecule has 2 amide bonds. The number of carbonyl (C=O) groups is 2. The Morgan fingerprint density at radius 3 is 2.38 bits per heavy atom. The molecule has 168 valence electrons. The Labute approximate surface area is 183 Å². The molecule has 0 fully saturated rings. The average Bonchev–Trinajstić information content (AvgIpc) is 3.28. The van der Waals surface area contributed by atoms with Crippen LogP contribution in [0, 0.1) is 11.6 Å². The summed E-state index contributed by atoms with van der Waals surface area (Å²) in [5.74, 6) is -2.78. The molecule has 2 aromatic heterocycles. The minimum atomic E-state index is -1.04. The lowest BCUT2D eigenvalue weighted by atomic mass is 10.1. The van der Waals surface area contributed by atoms with Gasteiger partial charge in [0, 0.05) is 25.5 Å². The van der Waals surface area contributed by atoms with Crippen LogP contribution in [-0.2, 0) is 13.1 Å². The van der Waals surface area contributed by atoms with Gasteiger partial charge in [-0.3, -0.25) is 14.4 Å². The Morgan fingerprint density at radius 1 is 1.03 bits per heavy atom. The number of halogens is 2. The molecule has 32 heavy (non-hydrogen) atoms. The fraction of sp³-hybridized carbons (Fsp3) is 0.261. The zero-order valence-corrected chi connectivity index (χ0v) is 17.5. The van der Waals surface area contributed by atoms with E-state index >= 15 is 0 Å². The van der Waals surface area contributed by atoms with Gasteiger partial charge in [-0.25, -0.2) is 8.78 Å². The molecule has 0 unspecified atom stereocenters. The highest BCUT2D eigenvalue weighted by Gasteiger charge is 2.19. The van der Waals surface area contributed by atoms with Crippen LogP contribution in [-0.4, -0.2) is 22.9 Å². The Kier molecular flexibility index (Phi) is 7.54. The van der Waals surface area contributed by atoms with Crippen molar-refractivity contribution in [2.45, 2.75) is 32.9 Å². The zero-order valence-electron chi connectivity index (χ0n) is 17.5. The summed E-state index contributed by atoms with van der Waals surface area (Å²) >= 11 is 0. The molecule has 0 spiro atoms. The number of hydrogen-bond donors (Lipinski definition) is 2. The highest BCUT2D eigenvalue weighted by molar-refractivity contribution is 5.99. The summed E-state index contributed by atoms with van der Waals surface area (Å²) in [7, 11) is 0. The molecular formula is C23H23F2N3O4. The summed E-state index contributed by atoms with van der Waals surface area (Å²) in [6.45, 7) is 2.45. The predicted octanol–water partition coefficient (Wildman–Crippen LogP) is 3.23. The van der Waals surface area contributed by atoms with Gasteiger partial charge in [0.05, 0.1) is 12.8 Å². The van der Waals surface area contributed by atoms with E-state index in [1.807, 2.05) is 6.92 Å². The molecule has 2 heterocycles. The second-order valence-corrected chi connectivity index (χ2v) is 7.21. The van der Waals surface area contributed by atoms with Crippen LogP contribution < -0.4 is 16.1 Å². The van der Waals surface area contributed by atoms with Crippen molar-refractivity contribution in [3.05, 3.63) is 93.3 Å². The second kappa shape index (κ2) is 10.5. The number of carbonyl (C=O) groups excluding carboxylic acids is 2. The molecule has 0 aliphatic rings. The van der Waals surface area contributed by atoms with E-state index in [0.717, 1.165) is 25.0 Å². The van der Waals surface area contributed by atoms with Gasteiger partial charge in [0.2, 0.25) is 5.43 Å². The number of benzene rings is 1. The lowest BCUT2D eigenvalue weighted by Gasteiger charge is -2.12. The largest absolute Gasteiger partial charge is 0.467 e. The smallest absolute Gasteiger partial charge is 0.257 e. The van der Waals surface area contributed by atoms with Gasteiger partial charge in [-0.1, -0.05) is 19.4 Å². The monoisotopic (exact) mass is 443 g/mol. The van der Waals surface area contributed by atoms with Gasteiger partial charge in [0.15, 0.2) is 11.6 Å². The molecular weight excluding hydrogens is 420 g/mol. The third-order valence-corrected chi connectivity index (χ3v) is 4.74. The topological polar surface area (TPSA) is 93.3 Å². The van der Waals surface area contributed by atoms with Crippen LogP contribution in [0.15, 0.2) is 58.2 Å². The second-order valence-electron chi connectivity index (χ2n) is 7.21. The number of amides is 2. The first-order valence-electron chi connectivity index (χ1n) is 10.2. The van der Waals surface area contributed by atoms with E-state index in [9.17, 15) is 23.2 Å². The van der Waals surface area contributed by atoms with Crippen molar-refractivity contribution in [3.8, 4) is 0 Å². The van der Waals surface area contributed by atoms with Crippen LogP contribution in [0.3, 0.4) is 0 Å². The van der Waals surface area contributed by atoms with E-state index in [1.165, 1.54) is 29.3 Å². The first-order chi connectivity index (χ1) is 15.4. The highest BCUT2D eigenvalue weighted by atomic mass is 19.2. The van der Waals surface area contributed by atoms with E-state index in [2.05, 4.69) is 10.6 Å². The van der Waals surface area contributed by atoms with E-state index in [1.54, 1.807) is 12.1 Å². The third kappa shape index (κ3) is 5.69. The molecule has 3 aromatic rings. The summed E-state index contributed by atoms with van der Waals surface area (Å²) < 4.78 is 33.3. The molecule has 7 nitrogen and oxygen atoms in total. The number of aromatic nitrogens is 1. The zero-order chi connectivity index (χ0) is 23.1. The number of unbranched alkanes of at least 4 members (excludes halogenated alkanes) is 1. The summed E-state index contributed by atoms with van der Waals surface area (Å²) in [5, 5.41) is 5.19. The van der Waals surface area contributed by atoms with Gasteiger partial charge >= 0.3 is 0 Å². The summed E-state index contributed by atoms with van der Waals surface area (Å²) in [6.07, 6.45) is 5.81. The first-order valence-corrected chi connectivity index (χ1v) is 10.2. The van der Waals surface area contributed by atoms with Gasteiger partial charge in [-0.2, -0.15) is 0 Å². The van der Waals surface area contributed by atoms with E-state index in [0.29, 0.717) is 17.9 Å². The molecule has 3 rings (SSSR count). The van der Waals surface area contributed by atoms with E-state index < -0.39 is 28.9 Å². The molecule has 9 heteroatoms. The fourth-order valence-electron chi connectivity index (χ4n) is 3.03.